The van der Waals surface area contributed by atoms with E-state index in [1.807, 2.05) is 22.7 Å². The number of hydrogen-bond donors (Lipinski definition) is 1. The molecular formula is C13H20N4. The molecule has 4 heteroatoms. The summed E-state index contributed by atoms with van der Waals surface area (Å²) in [6.07, 6.45) is 6.63. The average Bonchev–Trinajstić information content (AvgIpc) is 2.73. The first-order valence-corrected chi connectivity index (χ1v) is 6.36. The van der Waals surface area contributed by atoms with Gasteiger partial charge in [-0.1, -0.05) is 26.7 Å². The summed E-state index contributed by atoms with van der Waals surface area (Å²) >= 11 is 0. The molecule has 0 bridgehead atoms. The minimum atomic E-state index is 0.478. The third kappa shape index (κ3) is 2.40. The minimum Gasteiger partial charge on any atom is -0.398 e. The van der Waals surface area contributed by atoms with Crippen LogP contribution < -0.4 is 5.73 Å². The summed E-state index contributed by atoms with van der Waals surface area (Å²) in [5, 5.41) is 8.51. The molecule has 2 heterocycles. The molecule has 2 rings (SSSR count). The highest BCUT2D eigenvalue weighted by molar-refractivity contribution is 5.47. The molecule has 0 fully saturated rings. The van der Waals surface area contributed by atoms with Crippen molar-refractivity contribution in [1.29, 1.82) is 0 Å². The highest BCUT2D eigenvalue weighted by Gasteiger charge is 2.15. The van der Waals surface area contributed by atoms with Gasteiger partial charge in [-0.15, -0.1) is 10.2 Å². The summed E-state index contributed by atoms with van der Waals surface area (Å²) in [4.78, 5) is 0. The van der Waals surface area contributed by atoms with Crippen LogP contribution in [0.25, 0.3) is 5.65 Å². The molecule has 0 saturated carbocycles. The van der Waals surface area contributed by atoms with Crippen LogP contribution in [0.2, 0.25) is 0 Å². The molecule has 2 N–H and O–H groups in total. The fourth-order valence-corrected chi connectivity index (χ4v) is 2.17. The number of hydrogen-bond acceptors (Lipinski definition) is 3. The Balaban J connectivity index is 2.35. The molecule has 0 radical (unpaired) electrons. The van der Waals surface area contributed by atoms with Crippen molar-refractivity contribution in [3.8, 4) is 0 Å². The van der Waals surface area contributed by atoms with Gasteiger partial charge in [0, 0.05) is 17.8 Å². The molecule has 0 saturated heterocycles. The first-order chi connectivity index (χ1) is 8.26. The average molecular weight is 232 g/mol. The third-order valence-electron chi connectivity index (χ3n) is 3.22. The number of unbranched alkanes of at least 4 members (excludes halogenated alkanes) is 1. The van der Waals surface area contributed by atoms with Crippen molar-refractivity contribution in [2.45, 2.75) is 45.4 Å². The number of nitrogen functional groups attached to an aromatic ring is 1. The Morgan fingerprint density at radius 2 is 2.12 bits per heavy atom. The van der Waals surface area contributed by atoms with Crippen LogP contribution in [-0.2, 0) is 0 Å². The van der Waals surface area contributed by atoms with E-state index in [2.05, 4.69) is 24.0 Å². The highest BCUT2D eigenvalue weighted by Crippen LogP contribution is 2.24. The molecule has 17 heavy (non-hydrogen) atoms. The van der Waals surface area contributed by atoms with E-state index in [0.717, 1.165) is 23.6 Å². The molecule has 92 valence electrons. The number of fused-ring (bicyclic) bond motifs is 1. The summed E-state index contributed by atoms with van der Waals surface area (Å²) in [6, 6.07) is 3.78. The monoisotopic (exact) mass is 232 g/mol. The molecule has 1 atom stereocenters. The van der Waals surface area contributed by atoms with Gasteiger partial charge in [0.05, 0.1) is 0 Å². The Morgan fingerprint density at radius 1 is 1.29 bits per heavy atom. The van der Waals surface area contributed by atoms with Crippen LogP contribution in [0.4, 0.5) is 5.69 Å². The predicted octanol–water partition coefficient (Wildman–Crippen LogP) is 3.00. The van der Waals surface area contributed by atoms with E-state index < -0.39 is 0 Å². The smallest absolute Gasteiger partial charge is 0.160 e. The maximum atomic E-state index is 5.82. The molecule has 0 spiro atoms. The maximum Gasteiger partial charge on any atom is 0.160 e. The summed E-state index contributed by atoms with van der Waals surface area (Å²) in [6.45, 7) is 4.42. The van der Waals surface area contributed by atoms with Gasteiger partial charge in [-0.25, -0.2) is 0 Å². The lowest BCUT2D eigenvalue weighted by Gasteiger charge is -2.12. The second-order valence-electron chi connectivity index (χ2n) is 4.50. The fourth-order valence-electron chi connectivity index (χ4n) is 2.17. The largest absolute Gasteiger partial charge is 0.398 e. The number of pyridine rings is 1. The van der Waals surface area contributed by atoms with Crippen molar-refractivity contribution in [3.05, 3.63) is 24.2 Å². The molecule has 4 nitrogen and oxygen atoms in total. The van der Waals surface area contributed by atoms with E-state index in [0.29, 0.717) is 5.92 Å². The molecule has 0 aliphatic rings. The van der Waals surface area contributed by atoms with Crippen LogP contribution in [-0.4, -0.2) is 14.6 Å². The van der Waals surface area contributed by atoms with Gasteiger partial charge in [0.2, 0.25) is 0 Å². The molecule has 0 aromatic carbocycles. The van der Waals surface area contributed by atoms with E-state index in [4.69, 9.17) is 5.73 Å². The van der Waals surface area contributed by atoms with E-state index in [1.54, 1.807) is 0 Å². The van der Waals surface area contributed by atoms with Gasteiger partial charge >= 0.3 is 0 Å². The van der Waals surface area contributed by atoms with Crippen molar-refractivity contribution in [3.63, 3.8) is 0 Å². The van der Waals surface area contributed by atoms with E-state index in [9.17, 15) is 0 Å². The first kappa shape index (κ1) is 11.9. The Labute approximate surface area is 102 Å². The molecule has 2 aromatic rings. The Kier molecular flexibility index (Phi) is 3.61. The second-order valence-corrected chi connectivity index (χ2v) is 4.50. The Bertz CT molecular complexity index is 489. The summed E-state index contributed by atoms with van der Waals surface area (Å²) < 4.78 is 2.03. The lowest BCUT2D eigenvalue weighted by molar-refractivity contribution is 0.539. The van der Waals surface area contributed by atoms with Gasteiger partial charge in [-0.3, -0.25) is 4.40 Å². The zero-order valence-electron chi connectivity index (χ0n) is 10.6. The second kappa shape index (κ2) is 5.17. The predicted molar refractivity (Wildman–Crippen MR) is 70.0 cm³/mol. The number of nitrogens with zero attached hydrogens (tertiary/aromatic N) is 3. The standard InChI is InChI=1S/C13H20N4/c1-3-5-6-10(4-2)13-16-15-12-8-7-11(14)9-17(12)13/h7-10H,3-6,14H2,1-2H3. The first-order valence-electron chi connectivity index (χ1n) is 6.36. The zero-order chi connectivity index (χ0) is 12.3. The van der Waals surface area contributed by atoms with Crippen LogP contribution >= 0.6 is 0 Å². The normalized spacial score (nSPS) is 13.1. The molecular weight excluding hydrogens is 212 g/mol. The SMILES string of the molecule is CCCCC(CC)c1nnc2ccc(N)cn12. The van der Waals surface area contributed by atoms with E-state index in [-0.39, 0.29) is 0 Å². The van der Waals surface area contributed by atoms with E-state index >= 15 is 0 Å². The number of rotatable bonds is 5. The van der Waals surface area contributed by atoms with Gasteiger partial charge in [0.1, 0.15) is 5.82 Å². The number of aromatic nitrogens is 3. The number of nitrogens with two attached hydrogens (primary N) is 1. The molecule has 0 aliphatic carbocycles. The zero-order valence-corrected chi connectivity index (χ0v) is 10.6. The third-order valence-corrected chi connectivity index (χ3v) is 3.22. The van der Waals surface area contributed by atoms with Crippen molar-refractivity contribution >= 4 is 11.3 Å². The summed E-state index contributed by atoms with van der Waals surface area (Å²) in [7, 11) is 0. The molecule has 2 aromatic heterocycles. The van der Waals surface area contributed by atoms with Gasteiger partial charge in [0.15, 0.2) is 5.65 Å². The topological polar surface area (TPSA) is 56.2 Å². The van der Waals surface area contributed by atoms with Gasteiger partial charge in [-0.2, -0.15) is 0 Å². The Hall–Kier alpha value is -1.58. The van der Waals surface area contributed by atoms with Gasteiger partial charge in [-0.05, 0) is 25.0 Å². The quantitative estimate of drug-likeness (QED) is 0.862. The van der Waals surface area contributed by atoms with Crippen molar-refractivity contribution < 1.29 is 0 Å². The summed E-state index contributed by atoms with van der Waals surface area (Å²) in [5.41, 5.74) is 7.45. The van der Waals surface area contributed by atoms with Crippen LogP contribution in [0.15, 0.2) is 18.3 Å². The number of anilines is 1. The van der Waals surface area contributed by atoms with E-state index in [1.165, 1.54) is 19.3 Å². The lowest BCUT2D eigenvalue weighted by Crippen LogP contribution is -2.04. The molecule has 0 amide bonds. The van der Waals surface area contributed by atoms with Crippen molar-refractivity contribution in [2.24, 2.45) is 0 Å². The highest BCUT2D eigenvalue weighted by atomic mass is 15.2. The van der Waals surface area contributed by atoms with Crippen LogP contribution in [0.1, 0.15) is 51.3 Å². The minimum absolute atomic E-state index is 0.478. The maximum absolute atomic E-state index is 5.82. The fraction of sp³-hybridized carbons (Fsp3) is 0.538. The molecule has 0 aliphatic heterocycles. The van der Waals surface area contributed by atoms with Crippen molar-refractivity contribution in [1.82, 2.24) is 14.6 Å². The summed E-state index contributed by atoms with van der Waals surface area (Å²) in [5.74, 6) is 1.52. The van der Waals surface area contributed by atoms with Gasteiger partial charge in [0.25, 0.3) is 0 Å². The Morgan fingerprint density at radius 3 is 2.82 bits per heavy atom. The molecule has 1 unspecified atom stereocenters. The van der Waals surface area contributed by atoms with Crippen molar-refractivity contribution in [2.75, 3.05) is 5.73 Å². The van der Waals surface area contributed by atoms with Crippen LogP contribution in [0.5, 0.6) is 0 Å². The lowest BCUT2D eigenvalue weighted by atomic mass is 9.98. The van der Waals surface area contributed by atoms with Gasteiger partial charge < -0.3 is 5.73 Å². The van der Waals surface area contributed by atoms with Crippen LogP contribution in [0.3, 0.4) is 0 Å². The van der Waals surface area contributed by atoms with Crippen LogP contribution in [0, 0.1) is 0 Å².